The molecular formula is C24H17F6N5OS. The zero-order valence-corrected chi connectivity index (χ0v) is 19.7. The highest BCUT2D eigenvalue weighted by Gasteiger charge is 2.36. The fourth-order valence-corrected chi connectivity index (χ4v) is 4.96. The SMILES string of the molecule is O=C(c1ccccc1C(F)(F)F)N1CCN(c2ccc(-c3nc4cc(C(F)(F)F)ccc4s3)nn2)CC1. The van der Waals surface area contributed by atoms with Crippen molar-refractivity contribution in [1.82, 2.24) is 20.1 Å². The Kier molecular flexibility index (Phi) is 6.26. The number of carbonyl (C=O) groups excluding carboxylic acids is 1. The van der Waals surface area contributed by atoms with Gasteiger partial charge in [-0.25, -0.2) is 4.98 Å². The number of nitrogens with zero attached hydrogens (tertiary/aromatic N) is 5. The van der Waals surface area contributed by atoms with E-state index in [1.165, 1.54) is 40.5 Å². The Bertz CT molecular complexity index is 1440. The molecule has 0 N–H and O–H groups in total. The molecule has 0 aliphatic carbocycles. The lowest BCUT2D eigenvalue weighted by atomic mass is 10.1. The summed E-state index contributed by atoms with van der Waals surface area (Å²) in [6.45, 7) is 1.09. The zero-order valence-electron chi connectivity index (χ0n) is 18.8. The number of hydrogen-bond donors (Lipinski definition) is 0. The van der Waals surface area contributed by atoms with Crippen LogP contribution in [0.4, 0.5) is 32.2 Å². The van der Waals surface area contributed by atoms with Crippen LogP contribution < -0.4 is 4.90 Å². The molecule has 1 fully saturated rings. The van der Waals surface area contributed by atoms with Gasteiger partial charge >= 0.3 is 12.4 Å². The molecule has 2 aromatic carbocycles. The van der Waals surface area contributed by atoms with Crippen LogP contribution in [0.15, 0.2) is 54.6 Å². The average molecular weight is 537 g/mol. The van der Waals surface area contributed by atoms with Crippen LogP contribution in [0.2, 0.25) is 0 Å². The number of carbonyl (C=O) groups is 1. The van der Waals surface area contributed by atoms with Crippen LogP contribution in [-0.4, -0.2) is 52.2 Å². The van der Waals surface area contributed by atoms with Crippen LogP contribution in [0.5, 0.6) is 0 Å². The molecule has 6 nitrogen and oxygen atoms in total. The van der Waals surface area contributed by atoms with Gasteiger partial charge in [0, 0.05) is 26.2 Å². The van der Waals surface area contributed by atoms with Gasteiger partial charge < -0.3 is 9.80 Å². The van der Waals surface area contributed by atoms with Crippen molar-refractivity contribution in [3.63, 3.8) is 0 Å². The maximum absolute atomic E-state index is 13.3. The molecule has 5 rings (SSSR count). The molecule has 37 heavy (non-hydrogen) atoms. The fourth-order valence-electron chi connectivity index (χ4n) is 4.05. The largest absolute Gasteiger partial charge is 0.417 e. The molecule has 3 heterocycles. The molecule has 0 bridgehead atoms. The second kappa shape index (κ2) is 9.29. The van der Waals surface area contributed by atoms with Gasteiger partial charge in [-0.1, -0.05) is 12.1 Å². The molecule has 0 unspecified atom stereocenters. The minimum Gasteiger partial charge on any atom is -0.352 e. The van der Waals surface area contributed by atoms with E-state index in [-0.39, 0.29) is 24.2 Å². The number of benzene rings is 2. The van der Waals surface area contributed by atoms with Crippen LogP contribution in [0.25, 0.3) is 20.9 Å². The molecule has 13 heteroatoms. The third-order valence-electron chi connectivity index (χ3n) is 5.94. The lowest BCUT2D eigenvalue weighted by molar-refractivity contribution is -0.138. The van der Waals surface area contributed by atoms with E-state index >= 15 is 0 Å². The molecule has 0 atom stereocenters. The maximum atomic E-state index is 13.3. The Labute approximate surface area is 210 Å². The summed E-state index contributed by atoms with van der Waals surface area (Å²) >= 11 is 1.20. The van der Waals surface area contributed by atoms with Gasteiger partial charge in [0.05, 0.1) is 26.9 Å². The van der Waals surface area contributed by atoms with Crippen molar-refractivity contribution in [1.29, 1.82) is 0 Å². The van der Waals surface area contributed by atoms with Crippen molar-refractivity contribution in [3.8, 4) is 10.7 Å². The van der Waals surface area contributed by atoms with Crippen molar-refractivity contribution in [3.05, 3.63) is 71.3 Å². The van der Waals surface area contributed by atoms with E-state index in [0.717, 1.165) is 18.2 Å². The Balaban J connectivity index is 1.27. The van der Waals surface area contributed by atoms with Gasteiger partial charge in [0.15, 0.2) is 5.82 Å². The first-order chi connectivity index (χ1) is 17.5. The van der Waals surface area contributed by atoms with Gasteiger partial charge in [0.1, 0.15) is 10.7 Å². The molecule has 0 spiro atoms. The number of alkyl halides is 6. The summed E-state index contributed by atoms with van der Waals surface area (Å²) in [4.78, 5) is 20.3. The Morgan fingerprint density at radius 1 is 0.838 bits per heavy atom. The molecule has 1 saturated heterocycles. The third kappa shape index (κ3) is 5.08. The average Bonchev–Trinajstić information content (AvgIpc) is 3.31. The molecule has 192 valence electrons. The highest BCUT2D eigenvalue weighted by molar-refractivity contribution is 7.21. The molecule has 0 saturated carbocycles. The van der Waals surface area contributed by atoms with E-state index in [9.17, 15) is 31.1 Å². The number of aromatic nitrogens is 3. The minimum absolute atomic E-state index is 0.202. The molecule has 4 aromatic rings. The predicted molar refractivity (Wildman–Crippen MR) is 125 cm³/mol. The van der Waals surface area contributed by atoms with Crippen molar-refractivity contribution in [2.45, 2.75) is 12.4 Å². The Morgan fingerprint density at radius 2 is 1.57 bits per heavy atom. The second-order valence-corrected chi connectivity index (χ2v) is 9.33. The number of halogens is 6. The lowest BCUT2D eigenvalue weighted by Gasteiger charge is -2.35. The summed E-state index contributed by atoms with van der Waals surface area (Å²) in [5.74, 6) is -0.175. The number of amides is 1. The summed E-state index contributed by atoms with van der Waals surface area (Å²) in [7, 11) is 0. The van der Waals surface area contributed by atoms with Gasteiger partial charge in [-0.15, -0.1) is 21.5 Å². The van der Waals surface area contributed by atoms with E-state index in [1.54, 1.807) is 12.1 Å². The normalized spacial score (nSPS) is 14.9. The van der Waals surface area contributed by atoms with E-state index < -0.39 is 29.4 Å². The van der Waals surface area contributed by atoms with Gasteiger partial charge in [0.25, 0.3) is 5.91 Å². The highest BCUT2D eigenvalue weighted by Crippen LogP contribution is 2.35. The van der Waals surface area contributed by atoms with Crippen LogP contribution in [-0.2, 0) is 12.4 Å². The summed E-state index contributed by atoms with van der Waals surface area (Å²) < 4.78 is 79.4. The zero-order chi connectivity index (χ0) is 26.4. The maximum Gasteiger partial charge on any atom is 0.417 e. The van der Waals surface area contributed by atoms with E-state index in [1.807, 2.05) is 4.90 Å². The molecule has 1 aliphatic rings. The number of thiazole rings is 1. The Hall–Kier alpha value is -3.74. The Morgan fingerprint density at radius 3 is 2.22 bits per heavy atom. The number of hydrogen-bond acceptors (Lipinski definition) is 6. The molecule has 0 radical (unpaired) electrons. The van der Waals surface area contributed by atoms with Crippen LogP contribution in [0.3, 0.4) is 0 Å². The number of fused-ring (bicyclic) bond motifs is 1. The van der Waals surface area contributed by atoms with Gasteiger partial charge in [-0.2, -0.15) is 26.3 Å². The van der Waals surface area contributed by atoms with Gasteiger partial charge in [-0.3, -0.25) is 4.79 Å². The number of rotatable bonds is 3. The standard InChI is InChI=1S/C24H17F6N5OS/c25-23(26,27)14-5-7-19-18(13-14)31-21(37-19)17-6-8-20(33-32-17)34-9-11-35(12-10-34)22(36)15-3-1-2-4-16(15)24(28,29)30/h1-8,13H,9-12H2. The van der Waals surface area contributed by atoms with Crippen LogP contribution >= 0.6 is 11.3 Å². The summed E-state index contributed by atoms with van der Waals surface area (Å²) in [6, 6.07) is 11.4. The summed E-state index contributed by atoms with van der Waals surface area (Å²) in [5, 5.41) is 8.77. The monoisotopic (exact) mass is 537 g/mol. The van der Waals surface area contributed by atoms with Crippen molar-refractivity contribution < 1.29 is 31.1 Å². The first-order valence-electron chi connectivity index (χ1n) is 11.0. The predicted octanol–water partition coefficient (Wildman–Crippen LogP) is 5.75. The third-order valence-corrected chi connectivity index (χ3v) is 7.00. The van der Waals surface area contributed by atoms with E-state index in [2.05, 4.69) is 15.2 Å². The molecule has 2 aromatic heterocycles. The molecular weight excluding hydrogens is 520 g/mol. The number of piperazine rings is 1. The second-order valence-electron chi connectivity index (χ2n) is 8.30. The summed E-state index contributed by atoms with van der Waals surface area (Å²) in [5.41, 5.74) is -1.51. The first kappa shape index (κ1) is 24.9. The quantitative estimate of drug-likeness (QED) is 0.312. The highest BCUT2D eigenvalue weighted by atomic mass is 32.1. The molecule has 1 amide bonds. The van der Waals surface area contributed by atoms with Gasteiger partial charge in [0.2, 0.25) is 0 Å². The van der Waals surface area contributed by atoms with E-state index in [4.69, 9.17) is 0 Å². The first-order valence-corrected chi connectivity index (χ1v) is 11.8. The lowest BCUT2D eigenvalue weighted by Crippen LogP contribution is -2.49. The topological polar surface area (TPSA) is 62.2 Å². The van der Waals surface area contributed by atoms with E-state index in [0.29, 0.717) is 34.3 Å². The van der Waals surface area contributed by atoms with Crippen molar-refractivity contribution >= 4 is 33.3 Å². The minimum atomic E-state index is -4.63. The van der Waals surface area contributed by atoms with Gasteiger partial charge in [-0.05, 0) is 42.5 Å². The summed E-state index contributed by atoms with van der Waals surface area (Å²) in [6.07, 6.45) is -9.09. The number of anilines is 1. The van der Waals surface area contributed by atoms with Crippen molar-refractivity contribution in [2.75, 3.05) is 31.1 Å². The fraction of sp³-hybridized carbons (Fsp3) is 0.250. The van der Waals surface area contributed by atoms with Crippen LogP contribution in [0.1, 0.15) is 21.5 Å². The molecule has 1 aliphatic heterocycles. The van der Waals surface area contributed by atoms with Crippen LogP contribution in [0, 0.1) is 0 Å². The van der Waals surface area contributed by atoms with Crippen molar-refractivity contribution in [2.24, 2.45) is 0 Å². The smallest absolute Gasteiger partial charge is 0.352 e.